The van der Waals surface area contributed by atoms with Gasteiger partial charge < -0.3 is 19.8 Å². The molecule has 74 heavy (non-hydrogen) atoms. The Bertz CT molecular complexity index is 1300. The van der Waals surface area contributed by atoms with Crippen LogP contribution in [0.2, 0.25) is 0 Å². The second kappa shape index (κ2) is 56.4. The van der Waals surface area contributed by atoms with E-state index in [1.807, 2.05) is 27.2 Å². The zero-order valence-corrected chi connectivity index (χ0v) is 51.0. The normalized spacial score (nSPS) is 14.0. The van der Waals surface area contributed by atoms with Crippen molar-refractivity contribution >= 4 is 13.7 Å². The van der Waals surface area contributed by atoms with Gasteiger partial charge in [-0.3, -0.25) is 13.8 Å². The maximum absolute atomic E-state index is 13.0. The number of nitrogens with zero attached hydrogens (tertiary/aromatic N) is 1. The zero-order chi connectivity index (χ0) is 54.2. The Morgan fingerprint density at radius 3 is 1.08 bits per heavy atom. The summed E-state index contributed by atoms with van der Waals surface area (Å²) in [5.74, 6) is -0.184. The number of aliphatic hydroxyl groups excluding tert-OH is 1. The summed E-state index contributed by atoms with van der Waals surface area (Å²) in [6.45, 7) is 4.84. The van der Waals surface area contributed by atoms with Crippen LogP contribution in [0, 0.1) is 0 Å². The van der Waals surface area contributed by atoms with Crippen LogP contribution in [0.4, 0.5) is 0 Å². The molecule has 3 N–H and O–H groups in total. The third-order valence-corrected chi connectivity index (χ3v) is 15.8. The Hall–Kier alpha value is -1.28. The molecule has 0 radical (unpaired) electrons. The average Bonchev–Trinajstić information content (AvgIpc) is 3.36. The smallest absolute Gasteiger partial charge is 0.387 e. The van der Waals surface area contributed by atoms with Crippen LogP contribution in [0.5, 0.6) is 0 Å². The maximum atomic E-state index is 13.0. The van der Waals surface area contributed by atoms with E-state index in [2.05, 4.69) is 43.5 Å². The van der Waals surface area contributed by atoms with Gasteiger partial charge in [0.25, 0.3) is 0 Å². The van der Waals surface area contributed by atoms with Crippen molar-refractivity contribution in [1.29, 1.82) is 0 Å². The van der Waals surface area contributed by atoms with Gasteiger partial charge in [-0.25, -0.2) is 4.57 Å². The SMILES string of the molecule is CCCCCCCCCCCCCCCCCC/C=C/CC/C=C/CC/C=C/C(O)C(COP(=O)(O)OCC[N+](C)(C)C)NC(=O)CCCCCCCCCCCCCCCCCCCCCCCCCCCC. The number of carbonyl (C=O) groups is 1. The molecule has 9 heteroatoms. The summed E-state index contributed by atoms with van der Waals surface area (Å²) in [7, 11) is 1.56. The van der Waals surface area contributed by atoms with Crippen LogP contribution in [0.25, 0.3) is 0 Å². The van der Waals surface area contributed by atoms with Crippen LogP contribution in [0.3, 0.4) is 0 Å². The van der Waals surface area contributed by atoms with Crippen molar-refractivity contribution in [2.45, 2.75) is 334 Å². The van der Waals surface area contributed by atoms with E-state index in [0.717, 1.165) is 44.9 Å². The van der Waals surface area contributed by atoms with Gasteiger partial charge in [0.05, 0.1) is 39.9 Å². The first-order valence-electron chi connectivity index (χ1n) is 32.4. The quantitative estimate of drug-likeness (QED) is 0.0243. The number of amides is 1. The van der Waals surface area contributed by atoms with Gasteiger partial charge in [0.15, 0.2) is 0 Å². The summed E-state index contributed by atoms with van der Waals surface area (Å²) in [5.41, 5.74) is 0. The molecule has 0 aromatic carbocycles. The van der Waals surface area contributed by atoms with Crippen LogP contribution in [-0.2, 0) is 18.4 Å². The van der Waals surface area contributed by atoms with E-state index in [-0.39, 0.29) is 19.1 Å². The van der Waals surface area contributed by atoms with Gasteiger partial charge >= 0.3 is 7.82 Å². The molecule has 8 nitrogen and oxygen atoms in total. The molecule has 3 unspecified atom stereocenters. The topological polar surface area (TPSA) is 105 Å². The van der Waals surface area contributed by atoms with Gasteiger partial charge in [0.2, 0.25) is 5.91 Å². The lowest BCUT2D eigenvalue weighted by molar-refractivity contribution is -0.870. The fraction of sp³-hybridized carbons (Fsp3) is 0.892. The molecule has 0 aromatic rings. The molecule has 3 atom stereocenters. The lowest BCUT2D eigenvalue weighted by atomic mass is 10.0. The summed E-state index contributed by atoms with van der Waals surface area (Å²) in [4.78, 5) is 23.4. The molecule has 0 fully saturated rings. The van der Waals surface area contributed by atoms with Gasteiger partial charge in [-0.05, 0) is 44.9 Å². The van der Waals surface area contributed by atoms with E-state index in [9.17, 15) is 19.4 Å². The first kappa shape index (κ1) is 72.7. The standard InChI is InChI=1S/C65H127N2O6P/c1-6-8-10-12-14-16-18-20-22-24-26-28-30-32-34-36-38-40-42-44-46-48-50-52-54-56-58-64(68)63(62-73-74(70,71)72-61-60-67(3,4)5)66-65(69)59-57-55-53-51-49-47-45-43-41-39-37-35-33-31-29-27-25-23-21-19-17-15-13-11-9-7-2/h40,42,48,50,56,58,63-64,68H,6-39,41,43-47,49,51-55,57,59-62H2,1-5H3,(H-,66,69,70,71)/p+1/b42-40+,50-48+,58-56+. The number of phosphoric acid groups is 1. The Kier molecular flexibility index (Phi) is 55.5. The summed E-state index contributed by atoms with van der Waals surface area (Å²) in [6, 6.07) is -0.869. The first-order valence-corrected chi connectivity index (χ1v) is 33.9. The predicted octanol–water partition coefficient (Wildman–Crippen LogP) is 20.1. The molecule has 0 aliphatic heterocycles. The number of hydrogen-bond donors (Lipinski definition) is 3. The molecule has 1 amide bonds. The monoisotopic (exact) mass is 1060 g/mol. The van der Waals surface area contributed by atoms with E-state index in [4.69, 9.17) is 9.05 Å². The van der Waals surface area contributed by atoms with Gasteiger partial charge in [-0.2, -0.15) is 0 Å². The minimum absolute atomic E-state index is 0.0553. The number of phosphoric ester groups is 1. The van der Waals surface area contributed by atoms with Crippen LogP contribution < -0.4 is 5.32 Å². The maximum Gasteiger partial charge on any atom is 0.472 e. The molecule has 0 rings (SSSR count). The highest BCUT2D eigenvalue weighted by molar-refractivity contribution is 7.47. The van der Waals surface area contributed by atoms with E-state index >= 15 is 0 Å². The molecule has 0 heterocycles. The number of quaternary nitrogens is 1. The number of allylic oxidation sites excluding steroid dienone is 5. The molecule has 0 bridgehead atoms. The molecule has 0 aliphatic rings. The minimum Gasteiger partial charge on any atom is -0.387 e. The Morgan fingerprint density at radius 1 is 0.446 bits per heavy atom. The second-order valence-electron chi connectivity index (χ2n) is 23.5. The van der Waals surface area contributed by atoms with Gasteiger partial charge in [-0.1, -0.05) is 307 Å². The Morgan fingerprint density at radius 2 is 0.743 bits per heavy atom. The van der Waals surface area contributed by atoms with Crippen LogP contribution in [0.1, 0.15) is 322 Å². The van der Waals surface area contributed by atoms with E-state index in [1.54, 1.807) is 6.08 Å². The van der Waals surface area contributed by atoms with Gasteiger partial charge in [-0.15, -0.1) is 0 Å². The van der Waals surface area contributed by atoms with Crippen molar-refractivity contribution in [2.24, 2.45) is 0 Å². The highest BCUT2D eigenvalue weighted by atomic mass is 31.2. The number of likely N-dealkylation sites (N-methyl/N-ethyl adjacent to an activating group) is 1. The molecular weight excluding hydrogens is 936 g/mol. The molecule has 0 aliphatic carbocycles. The number of nitrogens with one attached hydrogen (secondary N) is 1. The number of hydrogen-bond acceptors (Lipinski definition) is 5. The number of carbonyl (C=O) groups excluding carboxylic acids is 1. The second-order valence-corrected chi connectivity index (χ2v) is 24.9. The number of rotatable bonds is 60. The third kappa shape index (κ3) is 58.4. The molecular formula is C65H128N2O6P+. The summed E-state index contributed by atoms with van der Waals surface area (Å²) in [6.07, 6.45) is 74.2. The van der Waals surface area contributed by atoms with Crippen molar-refractivity contribution in [3.8, 4) is 0 Å². The highest BCUT2D eigenvalue weighted by Crippen LogP contribution is 2.43. The Labute approximate surface area is 461 Å². The fourth-order valence-electron chi connectivity index (χ4n) is 9.78. The molecule has 0 spiro atoms. The van der Waals surface area contributed by atoms with Crippen molar-refractivity contribution in [2.75, 3.05) is 40.9 Å². The fourth-order valence-corrected chi connectivity index (χ4v) is 10.5. The zero-order valence-electron chi connectivity index (χ0n) is 50.1. The average molecular weight is 1060 g/mol. The van der Waals surface area contributed by atoms with Crippen LogP contribution in [-0.4, -0.2) is 73.4 Å². The number of unbranched alkanes of at least 4 members (excludes halogenated alkanes) is 43. The van der Waals surface area contributed by atoms with Crippen molar-refractivity contribution < 1.29 is 32.9 Å². The van der Waals surface area contributed by atoms with Gasteiger partial charge in [0, 0.05) is 6.42 Å². The largest absolute Gasteiger partial charge is 0.472 e. The van der Waals surface area contributed by atoms with E-state index in [0.29, 0.717) is 17.4 Å². The molecule has 0 aromatic heterocycles. The van der Waals surface area contributed by atoms with Gasteiger partial charge in [0.1, 0.15) is 13.2 Å². The highest BCUT2D eigenvalue weighted by Gasteiger charge is 2.27. The minimum atomic E-state index is -4.36. The van der Waals surface area contributed by atoms with Crippen molar-refractivity contribution in [3.05, 3.63) is 36.5 Å². The summed E-state index contributed by atoms with van der Waals surface area (Å²) < 4.78 is 23.8. The third-order valence-electron chi connectivity index (χ3n) is 14.8. The van der Waals surface area contributed by atoms with Crippen molar-refractivity contribution in [3.63, 3.8) is 0 Å². The molecule has 0 saturated heterocycles. The summed E-state index contributed by atoms with van der Waals surface area (Å²) >= 11 is 0. The lowest BCUT2D eigenvalue weighted by Crippen LogP contribution is -2.45. The van der Waals surface area contributed by atoms with Crippen LogP contribution >= 0.6 is 7.82 Å². The van der Waals surface area contributed by atoms with Crippen LogP contribution in [0.15, 0.2) is 36.5 Å². The van der Waals surface area contributed by atoms with E-state index < -0.39 is 20.0 Å². The predicted molar refractivity (Wildman–Crippen MR) is 323 cm³/mol. The molecule has 438 valence electrons. The van der Waals surface area contributed by atoms with Crippen molar-refractivity contribution in [1.82, 2.24) is 5.32 Å². The Balaban J connectivity index is 4.17. The summed E-state index contributed by atoms with van der Waals surface area (Å²) in [5, 5.41) is 14.0. The molecule has 0 saturated carbocycles. The lowest BCUT2D eigenvalue weighted by Gasteiger charge is -2.25. The van der Waals surface area contributed by atoms with E-state index in [1.165, 1.54) is 257 Å². The number of aliphatic hydroxyl groups is 1. The first-order chi connectivity index (χ1) is 36.0.